The van der Waals surface area contributed by atoms with Gasteiger partial charge in [-0.25, -0.2) is 8.42 Å². The molecule has 1 aliphatic rings. The maximum Gasteiger partial charge on any atom is 0.271 e. The molecule has 0 bridgehead atoms. The van der Waals surface area contributed by atoms with Crippen LogP contribution in [0.3, 0.4) is 0 Å². The number of rotatable bonds is 4. The van der Waals surface area contributed by atoms with Gasteiger partial charge in [-0.2, -0.15) is 0 Å². The largest absolute Gasteiger partial charge is 0.339 e. The zero-order valence-electron chi connectivity index (χ0n) is 10.7. The number of benzene rings is 1. The number of halogens is 2. The van der Waals surface area contributed by atoms with Gasteiger partial charge < -0.3 is 4.90 Å². The van der Waals surface area contributed by atoms with Crippen LogP contribution in [0.15, 0.2) is 17.0 Å². The molecule has 0 unspecified atom stereocenters. The van der Waals surface area contributed by atoms with E-state index in [2.05, 4.69) is 0 Å². The summed E-state index contributed by atoms with van der Waals surface area (Å²) in [5, 5.41) is 10.5. The van der Waals surface area contributed by atoms with Crippen molar-refractivity contribution in [2.45, 2.75) is 23.8 Å². The molecule has 2 rings (SSSR count). The molecule has 1 aromatic rings. The smallest absolute Gasteiger partial charge is 0.271 e. The van der Waals surface area contributed by atoms with Gasteiger partial charge in [0.05, 0.1) is 15.5 Å². The molecule has 1 aliphatic carbocycles. The lowest BCUT2D eigenvalue weighted by atomic mass is 10.1. The van der Waals surface area contributed by atoms with Crippen molar-refractivity contribution in [3.8, 4) is 0 Å². The molecule has 10 heteroatoms. The van der Waals surface area contributed by atoms with E-state index in [9.17, 15) is 23.3 Å². The predicted molar refractivity (Wildman–Crippen MR) is 76.3 cm³/mol. The van der Waals surface area contributed by atoms with E-state index in [1.807, 2.05) is 0 Å². The van der Waals surface area contributed by atoms with Crippen molar-refractivity contribution >= 4 is 42.9 Å². The maximum atomic E-state index is 12.3. The average Bonchev–Trinajstić information content (AvgIpc) is 3.19. The summed E-state index contributed by atoms with van der Waals surface area (Å²) in [6.07, 6.45) is 1.66. The molecule has 114 valence electrons. The summed E-state index contributed by atoms with van der Waals surface area (Å²) in [4.78, 5) is 23.1. The Balaban J connectivity index is 2.61. The molecule has 0 atom stereocenters. The number of nitrogens with zero attached hydrogens (tertiary/aromatic N) is 2. The fourth-order valence-corrected chi connectivity index (χ4v) is 3.40. The lowest BCUT2D eigenvalue weighted by molar-refractivity contribution is -0.385. The van der Waals surface area contributed by atoms with Crippen LogP contribution in [0.1, 0.15) is 23.2 Å². The van der Waals surface area contributed by atoms with E-state index in [1.165, 1.54) is 11.9 Å². The minimum absolute atomic E-state index is 0.0453. The Hall–Kier alpha value is -1.38. The molecule has 1 aromatic carbocycles. The number of nitro groups is 1. The number of hydrogen-bond acceptors (Lipinski definition) is 5. The second-order valence-electron chi connectivity index (χ2n) is 4.65. The van der Waals surface area contributed by atoms with Gasteiger partial charge in [0.1, 0.15) is 4.90 Å². The molecule has 0 spiro atoms. The van der Waals surface area contributed by atoms with Crippen LogP contribution in [0.4, 0.5) is 5.69 Å². The van der Waals surface area contributed by atoms with Crippen LogP contribution in [-0.2, 0) is 9.05 Å². The van der Waals surface area contributed by atoms with Gasteiger partial charge >= 0.3 is 0 Å². The Labute approximate surface area is 130 Å². The van der Waals surface area contributed by atoms with Crippen LogP contribution >= 0.6 is 22.3 Å². The first kappa shape index (κ1) is 16.0. The summed E-state index contributed by atoms with van der Waals surface area (Å²) in [7, 11) is 2.43. The van der Waals surface area contributed by atoms with Gasteiger partial charge in [0.15, 0.2) is 0 Å². The lowest BCUT2D eigenvalue weighted by Gasteiger charge is -2.17. The van der Waals surface area contributed by atoms with E-state index < -0.39 is 35.5 Å². The van der Waals surface area contributed by atoms with E-state index in [4.69, 9.17) is 22.3 Å². The molecular weight excluding hydrogens is 343 g/mol. The zero-order valence-corrected chi connectivity index (χ0v) is 13.1. The van der Waals surface area contributed by atoms with Crippen LogP contribution in [0, 0.1) is 10.1 Å². The van der Waals surface area contributed by atoms with Gasteiger partial charge in [-0.1, -0.05) is 11.6 Å². The molecule has 21 heavy (non-hydrogen) atoms. The Morgan fingerprint density at radius 3 is 2.43 bits per heavy atom. The van der Waals surface area contributed by atoms with Gasteiger partial charge in [-0.3, -0.25) is 14.9 Å². The Kier molecular flexibility index (Phi) is 4.14. The molecule has 0 N–H and O–H groups in total. The highest BCUT2D eigenvalue weighted by atomic mass is 35.7. The molecule has 0 saturated heterocycles. The summed E-state index contributed by atoms with van der Waals surface area (Å²) in [6.45, 7) is 0. The second-order valence-corrected chi connectivity index (χ2v) is 7.56. The Bertz CT molecular complexity index is 730. The minimum Gasteiger partial charge on any atom is -0.339 e. The fourth-order valence-electron chi connectivity index (χ4n) is 1.84. The van der Waals surface area contributed by atoms with E-state index in [0.717, 1.165) is 25.0 Å². The molecule has 0 radical (unpaired) electrons. The zero-order chi connectivity index (χ0) is 15.9. The summed E-state index contributed by atoms with van der Waals surface area (Å²) in [6, 6.07) is 1.73. The molecule has 0 heterocycles. The second kappa shape index (κ2) is 5.43. The van der Waals surface area contributed by atoms with Gasteiger partial charge in [0.2, 0.25) is 0 Å². The van der Waals surface area contributed by atoms with Gasteiger partial charge in [0.25, 0.3) is 20.6 Å². The molecule has 1 fully saturated rings. The molecule has 1 amide bonds. The number of carbonyl (C=O) groups excluding carboxylic acids is 1. The highest BCUT2D eigenvalue weighted by Crippen LogP contribution is 2.35. The molecular formula is C11H10Cl2N2O5S. The Morgan fingerprint density at radius 2 is 2.00 bits per heavy atom. The topological polar surface area (TPSA) is 97.6 Å². The van der Waals surface area contributed by atoms with E-state index >= 15 is 0 Å². The molecule has 1 saturated carbocycles. The first-order chi connectivity index (χ1) is 9.62. The maximum absolute atomic E-state index is 12.3. The van der Waals surface area contributed by atoms with Gasteiger partial charge in [-0.05, 0) is 12.8 Å². The minimum atomic E-state index is -4.31. The number of hydrogen-bond donors (Lipinski definition) is 0. The number of nitro benzene ring substituents is 1. The third-order valence-corrected chi connectivity index (χ3v) is 5.01. The molecule has 7 nitrogen and oxygen atoms in total. The molecule has 0 aliphatic heterocycles. The van der Waals surface area contributed by atoms with Crippen molar-refractivity contribution in [1.82, 2.24) is 4.90 Å². The van der Waals surface area contributed by atoms with Crippen LogP contribution in [0.25, 0.3) is 0 Å². The number of amides is 1. The first-order valence-corrected chi connectivity index (χ1v) is 8.51. The first-order valence-electron chi connectivity index (χ1n) is 5.82. The molecule has 0 aromatic heterocycles. The summed E-state index contributed by atoms with van der Waals surface area (Å²) >= 11 is 5.90. The standard InChI is InChI=1S/C11H10Cl2N2O5S/c1-14(6-2-3-6)11(16)8-4-7(15(17)18)5-9(10(8)12)21(13,19)20/h4-6H,2-3H2,1H3. The van der Waals surface area contributed by atoms with Crippen molar-refractivity contribution in [3.05, 3.63) is 32.8 Å². The number of carbonyl (C=O) groups is 1. The van der Waals surface area contributed by atoms with Crippen molar-refractivity contribution in [2.24, 2.45) is 0 Å². The van der Waals surface area contributed by atoms with Crippen molar-refractivity contribution in [1.29, 1.82) is 0 Å². The average molecular weight is 353 g/mol. The van der Waals surface area contributed by atoms with Crippen molar-refractivity contribution in [2.75, 3.05) is 7.05 Å². The normalized spacial score (nSPS) is 14.8. The highest BCUT2D eigenvalue weighted by Gasteiger charge is 2.33. The van der Waals surface area contributed by atoms with Crippen LogP contribution in [0.2, 0.25) is 5.02 Å². The van der Waals surface area contributed by atoms with Crippen LogP contribution in [0.5, 0.6) is 0 Å². The summed E-state index contributed by atoms with van der Waals surface area (Å²) < 4.78 is 22.9. The third kappa shape index (κ3) is 3.28. The predicted octanol–water partition coefficient (Wildman–Crippen LogP) is 2.41. The van der Waals surface area contributed by atoms with Crippen LogP contribution < -0.4 is 0 Å². The van der Waals surface area contributed by atoms with E-state index in [-0.39, 0.29) is 11.6 Å². The van der Waals surface area contributed by atoms with Crippen LogP contribution in [-0.4, -0.2) is 37.2 Å². The van der Waals surface area contributed by atoms with Crippen molar-refractivity contribution in [3.63, 3.8) is 0 Å². The summed E-state index contributed by atoms with van der Waals surface area (Å²) in [5.74, 6) is -0.576. The number of non-ortho nitro benzene ring substituents is 1. The highest BCUT2D eigenvalue weighted by molar-refractivity contribution is 8.13. The monoisotopic (exact) mass is 352 g/mol. The SMILES string of the molecule is CN(C(=O)c1cc([N+](=O)[O-])cc(S(=O)(=O)Cl)c1Cl)C1CC1. The quantitative estimate of drug-likeness (QED) is 0.470. The van der Waals surface area contributed by atoms with Gasteiger partial charge in [0, 0.05) is 35.9 Å². The third-order valence-electron chi connectivity index (χ3n) is 3.14. The lowest BCUT2D eigenvalue weighted by Crippen LogP contribution is -2.29. The Morgan fingerprint density at radius 1 is 1.43 bits per heavy atom. The van der Waals surface area contributed by atoms with Crippen molar-refractivity contribution < 1.29 is 18.1 Å². The van der Waals surface area contributed by atoms with E-state index in [1.54, 1.807) is 0 Å². The fraction of sp³-hybridized carbons (Fsp3) is 0.364. The summed E-state index contributed by atoms with van der Waals surface area (Å²) in [5.41, 5.74) is -0.814. The van der Waals surface area contributed by atoms with Gasteiger partial charge in [-0.15, -0.1) is 0 Å². The van der Waals surface area contributed by atoms with E-state index in [0.29, 0.717) is 0 Å².